The van der Waals surface area contributed by atoms with Crippen LogP contribution in [0.5, 0.6) is 0 Å². The van der Waals surface area contributed by atoms with Crippen LogP contribution in [-0.2, 0) is 6.18 Å². The zero-order chi connectivity index (χ0) is 13.3. The highest BCUT2D eigenvalue weighted by molar-refractivity contribution is 5.78. The van der Waals surface area contributed by atoms with Gasteiger partial charge in [0.1, 0.15) is 0 Å². The van der Waals surface area contributed by atoms with Crippen LogP contribution in [0.1, 0.15) is 11.1 Å². The molecule has 2 N–H and O–H groups in total. The number of nitrogens with two attached hydrogens (primary N) is 1. The molecular formula is C13H11F3N2. The van der Waals surface area contributed by atoms with Gasteiger partial charge in [-0.2, -0.15) is 13.2 Å². The summed E-state index contributed by atoms with van der Waals surface area (Å²) in [5.41, 5.74) is 7.18. The van der Waals surface area contributed by atoms with Gasteiger partial charge < -0.3 is 5.73 Å². The number of benzene rings is 1. The van der Waals surface area contributed by atoms with Crippen LogP contribution in [0.2, 0.25) is 0 Å². The molecular weight excluding hydrogens is 241 g/mol. The fraction of sp³-hybridized carbons (Fsp3) is 0.154. The van der Waals surface area contributed by atoms with Crippen LogP contribution in [0.15, 0.2) is 36.7 Å². The fourth-order valence-corrected chi connectivity index (χ4v) is 1.74. The summed E-state index contributed by atoms with van der Waals surface area (Å²) in [6.07, 6.45) is -1.25. The number of halogens is 3. The Morgan fingerprint density at radius 2 is 1.83 bits per heavy atom. The molecule has 0 spiro atoms. The van der Waals surface area contributed by atoms with Crippen LogP contribution in [0.25, 0.3) is 11.1 Å². The molecule has 0 radical (unpaired) electrons. The first kappa shape index (κ1) is 12.4. The Hall–Kier alpha value is -2.04. The lowest BCUT2D eigenvalue weighted by Gasteiger charge is -2.12. The summed E-state index contributed by atoms with van der Waals surface area (Å²) in [6, 6.07) is 4.98. The number of hydrogen-bond donors (Lipinski definition) is 1. The molecule has 0 unspecified atom stereocenters. The molecule has 0 saturated carbocycles. The molecule has 0 fully saturated rings. The van der Waals surface area contributed by atoms with Gasteiger partial charge in [0.15, 0.2) is 0 Å². The highest BCUT2D eigenvalue weighted by Crippen LogP contribution is 2.35. The van der Waals surface area contributed by atoms with Crippen molar-refractivity contribution in [3.63, 3.8) is 0 Å². The van der Waals surface area contributed by atoms with E-state index in [1.807, 2.05) is 0 Å². The van der Waals surface area contributed by atoms with E-state index in [1.165, 1.54) is 12.3 Å². The molecule has 94 valence electrons. The van der Waals surface area contributed by atoms with Crippen LogP contribution in [0.3, 0.4) is 0 Å². The Morgan fingerprint density at radius 1 is 1.11 bits per heavy atom. The summed E-state index contributed by atoms with van der Waals surface area (Å²) in [6.45, 7) is 1.78. The molecule has 1 heterocycles. The molecule has 0 saturated heterocycles. The first-order chi connectivity index (χ1) is 8.39. The van der Waals surface area contributed by atoms with Crippen LogP contribution >= 0.6 is 0 Å². The van der Waals surface area contributed by atoms with Crippen molar-refractivity contribution in [1.29, 1.82) is 0 Å². The van der Waals surface area contributed by atoms with E-state index in [4.69, 9.17) is 5.73 Å². The van der Waals surface area contributed by atoms with E-state index in [2.05, 4.69) is 4.98 Å². The minimum atomic E-state index is -4.37. The molecule has 5 heteroatoms. The highest BCUT2D eigenvalue weighted by Gasteiger charge is 2.31. The SMILES string of the molecule is Cc1cnccc1-c1cc(C(F)(F)F)ccc1N. The number of hydrogen-bond acceptors (Lipinski definition) is 2. The number of alkyl halides is 3. The third-order valence-corrected chi connectivity index (χ3v) is 2.69. The summed E-state index contributed by atoms with van der Waals surface area (Å²) in [4.78, 5) is 3.91. The fourth-order valence-electron chi connectivity index (χ4n) is 1.74. The number of aryl methyl sites for hydroxylation is 1. The lowest BCUT2D eigenvalue weighted by Crippen LogP contribution is -2.06. The summed E-state index contributed by atoms with van der Waals surface area (Å²) in [5, 5.41) is 0. The third kappa shape index (κ3) is 2.30. The van der Waals surface area contributed by atoms with Gasteiger partial charge in [-0.05, 0) is 42.3 Å². The van der Waals surface area contributed by atoms with Gasteiger partial charge in [-0.25, -0.2) is 0 Å². The monoisotopic (exact) mass is 252 g/mol. The third-order valence-electron chi connectivity index (χ3n) is 2.69. The number of pyridine rings is 1. The van der Waals surface area contributed by atoms with Crippen molar-refractivity contribution in [3.8, 4) is 11.1 Å². The van der Waals surface area contributed by atoms with Gasteiger partial charge in [-0.3, -0.25) is 4.98 Å². The molecule has 0 atom stereocenters. The van der Waals surface area contributed by atoms with Gasteiger partial charge >= 0.3 is 6.18 Å². The molecule has 2 rings (SSSR count). The normalized spacial score (nSPS) is 11.6. The largest absolute Gasteiger partial charge is 0.416 e. The van der Waals surface area contributed by atoms with E-state index in [9.17, 15) is 13.2 Å². The van der Waals surface area contributed by atoms with Gasteiger partial charge in [0.25, 0.3) is 0 Å². The van der Waals surface area contributed by atoms with Crippen molar-refractivity contribution in [2.45, 2.75) is 13.1 Å². The van der Waals surface area contributed by atoms with Gasteiger partial charge in [0, 0.05) is 23.6 Å². The Kier molecular flexibility index (Phi) is 2.98. The average molecular weight is 252 g/mol. The van der Waals surface area contributed by atoms with Crippen molar-refractivity contribution < 1.29 is 13.2 Å². The molecule has 0 aliphatic heterocycles. The van der Waals surface area contributed by atoms with Gasteiger partial charge in [0.2, 0.25) is 0 Å². The van der Waals surface area contributed by atoms with Crippen molar-refractivity contribution in [1.82, 2.24) is 4.98 Å². The number of nitrogen functional groups attached to an aromatic ring is 1. The van der Waals surface area contributed by atoms with Crippen molar-refractivity contribution in [3.05, 3.63) is 47.8 Å². The topological polar surface area (TPSA) is 38.9 Å². The first-order valence-corrected chi connectivity index (χ1v) is 5.27. The van der Waals surface area contributed by atoms with Crippen LogP contribution in [0.4, 0.5) is 18.9 Å². The van der Waals surface area contributed by atoms with Gasteiger partial charge in [-0.1, -0.05) is 0 Å². The second-order valence-electron chi connectivity index (χ2n) is 3.99. The predicted octanol–water partition coefficient (Wildman–Crippen LogP) is 3.66. The van der Waals surface area contributed by atoms with E-state index < -0.39 is 11.7 Å². The van der Waals surface area contributed by atoms with E-state index in [0.717, 1.165) is 17.7 Å². The van der Waals surface area contributed by atoms with E-state index in [1.54, 1.807) is 19.2 Å². The maximum atomic E-state index is 12.7. The highest BCUT2D eigenvalue weighted by atomic mass is 19.4. The average Bonchev–Trinajstić information content (AvgIpc) is 2.29. The first-order valence-electron chi connectivity index (χ1n) is 5.27. The second-order valence-corrected chi connectivity index (χ2v) is 3.99. The summed E-state index contributed by atoms with van der Waals surface area (Å²) >= 11 is 0. The Balaban J connectivity index is 2.61. The van der Waals surface area contributed by atoms with Crippen molar-refractivity contribution >= 4 is 5.69 Å². The molecule has 0 aliphatic carbocycles. The molecule has 1 aromatic carbocycles. The number of anilines is 1. The molecule has 1 aromatic heterocycles. The lowest BCUT2D eigenvalue weighted by molar-refractivity contribution is -0.137. The molecule has 0 bridgehead atoms. The van der Waals surface area contributed by atoms with E-state index in [0.29, 0.717) is 16.8 Å². The quantitative estimate of drug-likeness (QED) is 0.786. The van der Waals surface area contributed by atoms with E-state index >= 15 is 0 Å². The molecule has 2 nitrogen and oxygen atoms in total. The second kappa shape index (κ2) is 4.33. The van der Waals surface area contributed by atoms with Gasteiger partial charge in [-0.15, -0.1) is 0 Å². The summed E-state index contributed by atoms with van der Waals surface area (Å²) < 4.78 is 38.0. The molecule has 2 aromatic rings. The molecule has 0 aliphatic rings. The van der Waals surface area contributed by atoms with Crippen LogP contribution in [-0.4, -0.2) is 4.98 Å². The standard InChI is InChI=1S/C13H11F3N2/c1-8-7-18-5-4-10(8)11-6-9(13(14,15)16)2-3-12(11)17/h2-7H,17H2,1H3. The minimum Gasteiger partial charge on any atom is -0.398 e. The Labute approximate surface area is 102 Å². The number of aromatic nitrogens is 1. The smallest absolute Gasteiger partial charge is 0.398 e. The minimum absolute atomic E-state index is 0.317. The zero-order valence-corrected chi connectivity index (χ0v) is 9.62. The van der Waals surface area contributed by atoms with Gasteiger partial charge in [0.05, 0.1) is 5.56 Å². The maximum Gasteiger partial charge on any atom is 0.416 e. The zero-order valence-electron chi connectivity index (χ0n) is 9.62. The van der Waals surface area contributed by atoms with Crippen molar-refractivity contribution in [2.24, 2.45) is 0 Å². The Bertz CT molecular complexity index is 577. The van der Waals surface area contributed by atoms with Crippen LogP contribution < -0.4 is 5.73 Å². The summed E-state index contributed by atoms with van der Waals surface area (Å²) in [5.74, 6) is 0. The molecule has 18 heavy (non-hydrogen) atoms. The van der Waals surface area contributed by atoms with Crippen molar-refractivity contribution in [2.75, 3.05) is 5.73 Å². The molecule has 0 amide bonds. The predicted molar refractivity (Wildman–Crippen MR) is 63.8 cm³/mol. The van der Waals surface area contributed by atoms with Crippen LogP contribution in [0, 0.1) is 6.92 Å². The maximum absolute atomic E-state index is 12.7. The lowest BCUT2D eigenvalue weighted by atomic mass is 9.98. The number of rotatable bonds is 1. The Morgan fingerprint density at radius 3 is 2.44 bits per heavy atom. The number of nitrogens with zero attached hydrogens (tertiary/aromatic N) is 1. The van der Waals surface area contributed by atoms with E-state index in [-0.39, 0.29) is 0 Å². The summed E-state index contributed by atoms with van der Waals surface area (Å²) in [7, 11) is 0.